The number of carbonyl (C=O) groups is 2. The number of hydrogen-bond donors (Lipinski definition) is 1. The van der Waals surface area contributed by atoms with E-state index in [4.69, 9.17) is 16.3 Å². The molecular formula is C17H15ClN2O5. The van der Waals surface area contributed by atoms with Crippen LogP contribution in [0.15, 0.2) is 42.5 Å². The first kappa shape index (κ1) is 18.4. The number of ether oxygens (including phenoxy) is 1. The number of halogens is 1. The van der Waals surface area contributed by atoms with E-state index < -0.39 is 23.4 Å². The average Bonchev–Trinajstić information content (AvgIpc) is 2.61. The Kier molecular flexibility index (Phi) is 6.08. The highest BCUT2D eigenvalue weighted by molar-refractivity contribution is 6.31. The number of nitro benzene ring substituents is 1. The number of carbonyl (C=O) groups excluding carboxylic acids is 2. The molecule has 25 heavy (non-hydrogen) atoms. The van der Waals surface area contributed by atoms with Gasteiger partial charge >= 0.3 is 5.97 Å². The van der Waals surface area contributed by atoms with E-state index in [1.165, 1.54) is 12.1 Å². The number of esters is 1. The quantitative estimate of drug-likeness (QED) is 0.481. The Balaban J connectivity index is 1.96. The van der Waals surface area contributed by atoms with E-state index in [0.717, 1.165) is 18.1 Å². The zero-order chi connectivity index (χ0) is 18.4. The highest BCUT2D eigenvalue weighted by atomic mass is 35.5. The number of hydrogen-bond acceptors (Lipinski definition) is 5. The van der Waals surface area contributed by atoms with Crippen LogP contribution in [0.5, 0.6) is 0 Å². The van der Waals surface area contributed by atoms with Gasteiger partial charge in [0, 0.05) is 11.1 Å². The van der Waals surface area contributed by atoms with Gasteiger partial charge < -0.3 is 10.1 Å². The van der Waals surface area contributed by atoms with Crippen LogP contribution >= 0.6 is 11.6 Å². The SMILES string of the molecule is CCc1ccc(C(=O)OCC(=O)Nc2ccc(Cl)cc2[N+](=O)[O-])cc1. The molecule has 2 aromatic rings. The van der Waals surface area contributed by atoms with E-state index in [1.807, 2.05) is 6.92 Å². The molecule has 0 aliphatic rings. The summed E-state index contributed by atoms with van der Waals surface area (Å²) in [7, 11) is 0. The van der Waals surface area contributed by atoms with Crippen molar-refractivity contribution in [3.05, 3.63) is 68.7 Å². The predicted molar refractivity (Wildman–Crippen MR) is 92.8 cm³/mol. The van der Waals surface area contributed by atoms with Crippen molar-refractivity contribution >= 4 is 34.9 Å². The molecule has 2 aromatic carbocycles. The van der Waals surface area contributed by atoms with Gasteiger partial charge in [0.2, 0.25) is 0 Å². The Hall–Kier alpha value is -2.93. The highest BCUT2D eigenvalue weighted by Gasteiger charge is 2.17. The maximum Gasteiger partial charge on any atom is 0.338 e. The third-order valence-electron chi connectivity index (χ3n) is 3.36. The molecule has 8 heteroatoms. The number of benzene rings is 2. The van der Waals surface area contributed by atoms with Crippen LogP contribution in [0.25, 0.3) is 0 Å². The van der Waals surface area contributed by atoms with Gasteiger partial charge in [0.25, 0.3) is 11.6 Å². The lowest BCUT2D eigenvalue weighted by molar-refractivity contribution is -0.383. The van der Waals surface area contributed by atoms with Crippen molar-refractivity contribution in [1.82, 2.24) is 0 Å². The van der Waals surface area contributed by atoms with E-state index in [-0.39, 0.29) is 16.4 Å². The number of nitrogens with one attached hydrogen (secondary N) is 1. The fourth-order valence-electron chi connectivity index (χ4n) is 2.04. The van der Waals surface area contributed by atoms with Gasteiger partial charge in [-0.1, -0.05) is 30.7 Å². The van der Waals surface area contributed by atoms with Gasteiger partial charge in [0.15, 0.2) is 6.61 Å². The molecule has 0 aliphatic carbocycles. The Bertz CT molecular complexity index is 805. The van der Waals surface area contributed by atoms with Gasteiger partial charge in [-0.05, 0) is 36.2 Å². The molecule has 0 spiro atoms. The van der Waals surface area contributed by atoms with E-state index >= 15 is 0 Å². The predicted octanol–water partition coefficient (Wildman–Crippen LogP) is 3.61. The van der Waals surface area contributed by atoms with Gasteiger partial charge in [-0.2, -0.15) is 0 Å². The zero-order valence-corrected chi connectivity index (χ0v) is 14.1. The molecule has 0 unspecified atom stereocenters. The van der Waals surface area contributed by atoms with Crippen LogP contribution in [-0.2, 0) is 16.0 Å². The summed E-state index contributed by atoms with van der Waals surface area (Å²) in [6.45, 7) is 1.43. The zero-order valence-electron chi connectivity index (χ0n) is 13.3. The Morgan fingerprint density at radius 2 is 1.88 bits per heavy atom. The fraction of sp³-hybridized carbons (Fsp3) is 0.176. The molecule has 2 rings (SSSR count). The summed E-state index contributed by atoms with van der Waals surface area (Å²) in [6.07, 6.45) is 0.845. The second-order valence-electron chi connectivity index (χ2n) is 5.09. The van der Waals surface area contributed by atoms with Crippen LogP contribution < -0.4 is 5.32 Å². The summed E-state index contributed by atoms with van der Waals surface area (Å²) in [5.74, 6) is -1.34. The van der Waals surface area contributed by atoms with Crippen LogP contribution in [0, 0.1) is 10.1 Å². The smallest absolute Gasteiger partial charge is 0.338 e. The molecule has 0 fully saturated rings. The maximum atomic E-state index is 11.9. The van der Waals surface area contributed by atoms with Crippen LogP contribution in [0.3, 0.4) is 0 Å². The number of nitrogens with zero attached hydrogens (tertiary/aromatic N) is 1. The minimum atomic E-state index is -0.691. The molecule has 1 amide bonds. The molecule has 0 heterocycles. The molecule has 0 bridgehead atoms. The van der Waals surface area contributed by atoms with E-state index in [9.17, 15) is 19.7 Å². The summed E-state index contributed by atoms with van der Waals surface area (Å²) in [5.41, 5.74) is 1.02. The van der Waals surface area contributed by atoms with Crippen molar-refractivity contribution < 1.29 is 19.2 Å². The first-order chi connectivity index (χ1) is 11.9. The molecule has 0 aliphatic heterocycles. The minimum absolute atomic E-state index is 0.0252. The highest BCUT2D eigenvalue weighted by Crippen LogP contribution is 2.27. The number of rotatable bonds is 6. The third-order valence-corrected chi connectivity index (χ3v) is 3.60. The topological polar surface area (TPSA) is 98.5 Å². The number of anilines is 1. The number of aryl methyl sites for hydroxylation is 1. The standard InChI is InChI=1S/C17H15ClN2O5/c1-2-11-3-5-12(6-4-11)17(22)25-10-16(21)19-14-8-7-13(18)9-15(14)20(23)24/h3-9H,2,10H2,1H3,(H,19,21). The van der Waals surface area contributed by atoms with Crippen molar-refractivity contribution in [2.45, 2.75) is 13.3 Å². The molecule has 0 aromatic heterocycles. The summed E-state index contributed by atoms with van der Waals surface area (Å²) in [5, 5.41) is 13.5. The van der Waals surface area contributed by atoms with Crippen LogP contribution in [0.1, 0.15) is 22.8 Å². The van der Waals surface area contributed by atoms with Crippen molar-refractivity contribution in [3.63, 3.8) is 0 Å². The molecule has 7 nitrogen and oxygen atoms in total. The number of amides is 1. The molecule has 0 saturated carbocycles. The number of nitro groups is 1. The van der Waals surface area contributed by atoms with Gasteiger partial charge in [-0.3, -0.25) is 14.9 Å². The van der Waals surface area contributed by atoms with Crippen LogP contribution in [-0.4, -0.2) is 23.4 Å². The van der Waals surface area contributed by atoms with Gasteiger partial charge in [-0.25, -0.2) is 4.79 Å². The molecule has 0 atom stereocenters. The van der Waals surface area contributed by atoms with Gasteiger partial charge in [0.05, 0.1) is 10.5 Å². The van der Waals surface area contributed by atoms with Crippen LogP contribution in [0.4, 0.5) is 11.4 Å². The van der Waals surface area contributed by atoms with Crippen molar-refractivity contribution in [2.75, 3.05) is 11.9 Å². The first-order valence-electron chi connectivity index (χ1n) is 7.40. The van der Waals surface area contributed by atoms with E-state index in [1.54, 1.807) is 24.3 Å². The lowest BCUT2D eigenvalue weighted by Crippen LogP contribution is -2.21. The van der Waals surface area contributed by atoms with Crippen molar-refractivity contribution in [2.24, 2.45) is 0 Å². The van der Waals surface area contributed by atoms with Crippen LogP contribution in [0.2, 0.25) is 5.02 Å². The lowest BCUT2D eigenvalue weighted by Gasteiger charge is -2.08. The summed E-state index contributed by atoms with van der Waals surface area (Å²) in [4.78, 5) is 34.1. The fourth-order valence-corrected chi connectivity index (χ4v) is 2.21. The first-order valence-corrected chi connectivity index (χ1v) is 7.78. The third kappa shape index (κ3) is 5.02. The molecule has 0 saturated heterocycles. The second kappa shape index (κ2) is 8.25. The maximum absolute atomic E-state index is 11.9. The van der Waals surface area contributed by atoms with Crippen molar-refractivity contribution in [1.29, 1.82) is 0 Å². The second-order valence-corrected chi connectivity index (χ2v) is 5.53. The summed E-state index contributed by atoms with van der Waals surface area (Å²) in [6, 6.07) is 10.7. The van der Waals surface area contributed by atoms with Gasteiger partial charge in [0.1, 0.15) is 5.69 Å². The summed E-state index contributed by atoms with van der Waals surface area (Å²) >= 11 is 5.70. The Morgan fingerprint density at radius 1 is 1.20 bits per heavy atom. The Morgan fingerprint density at radius 3 is 2.48 bits per heavy atom. The van der Waals surface area contributed by atoms with Gasteiger partial charge in [-0.15, -0.1) is 0 Å². The molecule has 130 valence electrons. The lowest BCUT2D eigenvalue weighted by atomic mass is 10.1. The molecular weight excluding hydrogens is 348 g/mol. The normalized spacial score (nSPS) is 10.2. The monoisotopic (exact) mass is 362 g/mol. The molecule has 1 N–H and O–H groups in total. The Labute approximate surface area is 148 Å². The largest absolute Gasteiger partial charge is 0.452 e. The summed E-state index contributed by atoms with van der Waals surface area (Å²) < 4.78 is 4.91. The van der Waals surface area contributed by atoms with Crippen molar-refractivity contribution in [3.8, 4) is 0 Å². The average molecular weight is 363 g/mol. The minimum Gasteiger partial charge on any atom is -0.452 e. The van der Waals surface area contributed by atoms with E-state index in [2.05, 4.69) is 5.32 Å². The molecule has 0 radical (unpaired) electrons. The van der Waals surface area contributed by atoms with E-state index in [0.29, 0.717) is 5.56 Å².